The molecule has 0 unspecified atom stereocenters. The van der Waals surface area contributed by atoms with Crippen molar-refractivity contribution in [2.75, 3.05) is 6.54 Å². The number of phenolic OH excluding ortho intramolecular Hbond substituents is 1. The van der Waals surface area contributed by atoms with Crippen LogP contribution in [0.2, 0.25) is 0 Å². The predicted octanol–water partition coefficient (Wildman–Crippen LogP) is 1.96. The van der Waals surface area contributed by atoms with Gasteiger partial charge in [-0.05, 0) is 60.4 Å². The molecule has 1 fully saturated rings. The number of nitrogens with one attached hydrogen (secondary N) is 5. The van der Waals surface area contributed by atoms with Gasteiger partial charge >= 0.3 is 11.9 Å². The van der Waals surface area contributed by atoms with Gasteiger partial charge in [0.15, 0.2) is 0 Å². The highest BCUT2D eigenvalue weighted by Crippen LogP contribution is 2.24. The monoisotopic (exact) mass is 819 g/mol. The van der Waals surface area contributed by atoms with E-state index in [4.69, 9.17) is 5.73 Å². The largest absolute Gasteiger partial charge is 0.508 e. The number of hydrogen-bond acceptors (Lipinski definition) is 9. The van der Waals surface area contributed by atoms with E-state index in [-0.39, 0.29) is 43.9 Å². The van der Waals surface area contributed by atoms with Gasteiger partial charge in [0.25, 0.3) is 0 Å². The van der Waals surface area contributed by atoms with Gasteiger partial charge < -0.3 is 52.2 Å². The molecule has 0 saturated carbocycles. The van der Waals surface area contributed by atoms with E-state index in [1.807, 2.05) is 38.1 Å². The van der Waals surface area contributed by atoms with E-state index in [2.05, 4.69) is 26.3 Å². The maximum atomic E-state index is 14.4. The first kappa shape index (κ1) is 45.7. The molecule has 0 spiro atoms. The zero-order valence-electron chi connectivity index (χ0n) is 33.9. The number of rotatable bonds is 21. The fraction of sp³-hybridized carbons (Fsp3) is 0.500. The molecule has 2 aromatic carbocycles. The minimum absolute atomic E-state index is 0.00511. The van der Waals surface area contributed by atoms with Crippen LogP contribution in [0.1, 0.15) is 77.3 Å². The van der Waals surface area contributed by atoms with Gasteiger partial charge in [0.1, 0.15) is 36.0 Å². The number of aliphatic carboxylic acids is 2. The molecule has 8 atom stereocenters. The van der Waals surface area contributed by atoms with Crippen LogP contribution in [0.3, 0.4) is 0 Å². The number of nitrogens with zero attached hydrogens (tertiary/aromatic N) is 1. The number of para-hydroxylation sites is 1. The number of aromatic amines is 1. The molecule has 1 aromatic heterocycles. The number of amides is 5. The van der Waals surface area contributed by atoms with E-state index in [0.717, 1.165) is 10.9 Å². The summed E-state index contributed by atoms with van der Waals surface area (Å²) in [6, 6.07) is 6.11. The van der Waals surface area contributed by atoms with Crippen LogP contribution < -0.4 is 27.0 Å². The summed E-state index contributed by atoms with van der Waals surface area (Å²) in [5.74, 6) is -6.59. The molecule has 0 radical (unpaired) electrons. The molecular formula is C42H57N7O10. The molecule has 10 N–H and O–H groups in total. The van der Waals surface area contributed by atoms with Crippen molar-refractivity contribution in [1.29, 1.82) is 0 Å². The number of nitrogens with two attached hydrogens (primary N) is 1. The Hall–Kier alpha value is -5.97. The second-order valence-corrected chi connectivity index (χ2v) is 15.4. The average Bonchev–Trinajstić information content (AvgIpc) is 3.88. The lowest BCUT2D eigenvalue weighted by Gasteiger charge is -2.33. The van der Waals surface area contributed by atoms with E-state index in [1.54, 1.807) is 32.2 Å². The van der Waals surface area contributed by atoms with Gasteiger partial charge in [0, 0.05) is 42.9 Å². The molecule has 0 bridgehead atoms. The summed E-state index contributed by atoms with van der Waals surface area (Å²) in [5, 5.41) is 40.4. The third-order valence-corrected chi connectivity index (χ3v) is 11.2. The maximum absolute atomic E-state index is 14.4. The molecule has 0 aliphatic carbocycles. The lowest BCUT2D eigenvalue weighted by molar-refractivity contribution is -0.145. The van der Waals surface area contributed by atoms with E-state index in [1.165, 1.54) is 17.0 Å². The number of carboxylic acid groups (broad SMARTS) is 2. The third-order valence-electron chi connectivity index (χ3n) is 11.2. The Bertz CT molecular complexity index is 1970. The smallest absolute Gasteiger partial charge is 0.326 e. The number of aromatic hydroxyl groups is 1. The fourth-order valence-corrected chi connectivity index (χ4v) is 7.07. The van der Waals surface area contributed by atoms with Crippen LogP contribution >= 0.6 is 0 Å². The van der Waals surface area contributed by atoms with Crippen LogP contribution in [0.5, 0.6) is 5.75 Å². The molecule has 1 aliphatic heterocycles. The van der Waals surface area contributed by atoms with Crippen LogP contribution in [0.15, 0.2) is 54.7 Å². The Morgan fingerprint density at radius 3 is 2.10 bits per heavy atom. The molecule has 17 heteroatoms. The lowest BCUT2D eigenvalue weighted by atomic mass is 9.96. The van der Waals surface area contributed by atoms with Crippen LogP contribution in [0, 0.1) is 11.8 Å². The van der Waals surface area contributed by atoms with Crippen LogP contribution in [-0.2, 0) is 46.4 Å². The fourth-order valence-electron chi connectivity index (χ4n) is 7.07. The Labute approximate surface area is 342 Å². The van der Waals surface area contributed by atoms with Crippen molar-refractivity contribution in [2.24, 2.45) is 17.6 Å². The second-order valence-electron chi connectivity index (χ2n) is 15.4. The Balaban J connectivity index is 1.59. The maximum Gasteiger partial charge on any atom is 0.326 e. The van der Waals surface area contributed by atoms with Crippen molar-refractivity contribution in [3.8, 4) is 5.75 Å². The van der Waals surface area contributed by atoms with Crippen LogP contribution in [0.4, 0.5) is 0 Å². The van der Waals surface area contributed by atoms with Gasteiger partial charge in [-0.15, -0.1) is 0 Å². The molecule has 59 heavy (non-hydrogen) atoms. The van der Waals surface area contributed by atoms with Crippen molar-refractivity contribution < 1.29 is 48.9 Å². The summed E-state index contributed by atoms with van der Waals surface area (Å²) in [4.78, 5) is 97.7. The Kier molecular flexibility index (Phi) is 16.4. The summed E-state index contributed by atoms with van der Waals surface area (Å²) >= 11 is 0. The van der Waals surface area contributed by atoms with Crippen molar-refractivity contribution in [2.45, 2.75) is 115 Å². The highest BCUT2D eigenvalue weighted by atomic mass is 16.4. The number of carboxylic acids is 2. The van der Waals surface area contributed by atoms with Gasteiger partial charge in [-0.2, -0.15) is 0 Å². The van der Waals surface area contributed by atoms with Crippen LogP contribution in [-0.4, -0.2) is 109 Å². The molecule has 1 saturated heterocycles. The van der Waals surface area contributed by atoms with Gasteiger partial charge in [-0.1, -0.05) is 70.9 Å². The first-order chi connectivity index (χ1) is 28.0. The first-order valence-corrected chi connectivity index (χ1v) is 20.1. The zero-order chi connectivity index (χ0) is 43.4. The number of carbonyl (C=O) groups excluding carboxylic acids is 5. The summed E-state index contributed by atoms with van der Waals surface area (Å²) in [6.45, 7) is 7.39. The van der Waals surface area contributed by atoms with Crippen molar-refractivity contribution in [1.82, 2.24) is 31.2 Å². The number of carbonyl (C=O) groups is 7. The average molecular weight is 820 g/mol. The van der Waals surface area contributed by atoms with Gasteiger partial charge in [0.05, 0.1) is 6.04 Å². The molecular weight excluding hydrogens is 763 g/mol. The van der Waals surface area contributed by atoms with Crippen molar-refractivity contribution in [3.05, 3.63) is 65.9 Å². The van der Waals surface area contributed by atoms with Crippen molar-refractivity contribution in [3.63, 3.8) is 0 Å². The lowest BCUT2D eigenvalue weighted by Crippen LogP contribution is -2.61. The molecule has 1 aliphatic rings. The highest BCUT2D eigenvalue weighted by Gasteiger charge is 2.41. The zero-order valence-corrected chi connectivity index (χ0v) is 33.9. The number of aromatic nitrogens is 1. The SMILES string of the molecule is CC[C@H](C)[C@H](N)C(=O)N[C@@H](CCC(=O)O)C(=O)N[C@@H](Cc1c[nH]c2ccccc12)C(=O)N[C@H](C(=O)N1CCC[C@H]1C(=O)N[C@@H](Cc1ccc(O)cc1)C(=O)O)[C@@H](C)CC. The van der Waals surface area contributed by atoms with Crippen LogP contribution in [0.25, 0.3) is 10.9 Å². The van der Waals surface area contributed by atoms with Crippen molar-refractivity contribution >= 4 is 52.4 Å². The summed E-state index contributed by atoms with van der Waals surface area (Å²) in [6.07, 6.45) is 2.55. The number of fused-ring (bicyclic) bond motifs is 1. The quantitative estimate of drug-likeness (QED) is 0.0750. The first-order valence-electron chi connectivity index (χ1n) is 20.1. The van der Waals surface area contributed by atoms with E-state index >= 15 is 0 Å². The van der Waals surface area contributed by atoms with E-state index in [9.17, 15) is 48.9 Å². The van der Waals surface area contributed by atoms with Gasteiger partial charge in [-0.25, -0.2) is 4.79 Å². The molecule has 2 heterocycles. The topological polar surface area (TPSA) is 273 Å². The number of H-pyrrole nitrogens is 1. The standard InChI is InChI=1S/C42H57N7O10/c1-5-23(3)35(43)40(56)45-30(17-18-34(51)52)37(53)46-31(21-26-22-44-29-11-8-7-10-28(26)29)38(54)48-36(24(4)6-2)41(57)49-19-9-12-33(49)39(55)47-32(42(58)59)20-25-13-15-27(50)16-14-25/h7-8,10-11,13-16,22-24,30-33,35-36,44,50H,5-6,9,12,17-21,43H2,1-4H3,(H,45,56)(H,46,53)(H,47,55)(H,48,54)(H,51,52)(H,58,59)/t23-,24-,30-,31-,32-,33-,35-,36-/m0/s1. The predicted molar refractivity (Wildman–Crippen MR) is 218 cm³/mol. The second kappa shape index (κ2) is 21.2. The molecule has 5 amide bonds. The van der Waals surface area contributed by atoms with Gasteiger partial charge in [0.2, 0.25) is 29.5 Å². The molecule has 17 nitrogen and oxygen atoms in total. The number of hydrogen-bond donors (Lipinski definition) is 9. The third kappa shape index (κ3) is 12.3. The Morgan fingerprint density at radius 2 is 1.46 bits per heavy atom. The van der Waals surface area contributed by atoms with E-state index in [0.29, 0.717) is 30.4 Å². The minimum atomic E-state index is -1.36. The normalized spacial score (nSPS) is 17.4. The highest BCUT2D eigenvalue weighted by molar-refractivity contribution is 5.97. The Morgan fingerprint density at radius 1 is 0.814 bits per heavy atom. The number of phenols is 1. The number of likely N-dealkylation sites (tertiary alicyclic amines) is 1. The number of benzene rings is 2. The molecule has 4 rings (SSSR count). The van der Waals surface area contributed by atoms with E-state index < -0.39 is 90.1 Å². The van der Waals surface area contributed by atoms with Gasteiger partial charge in [-0.3, -0.25) is 28.8 Å². The summed E-state index contributed by atoms with van der Waals surface area (Å²) in [5.41, 5.74) is 8.12. The summed E-state index contributed by atoms with van der Waals surface area (Å²) < 4.78 is 0. The molecule has 320 valence electrons. The molecule has 3 aromatic rings. The summed E-state index contributed by atoms with van der Waals surface area (Å²) in [7, 11) is 0. The minimum Gasteiger partial charge on any atom is -0.508 e.